The Morgan fingerprint density at radius 3 is 1.04 bits per heavy atom. The van der Waals surface area contributed by atoms with Crippen LogP contribution >= 0.6 is 0 Å². The topological polar surface area (TPSA) is 84.2 Å². The van der Waals surface area contributed by atoms with Crippen LogP contribution in [-0.4, -0.2) is 23.2 Å². The van der Waals surface area contributed by atoms with Gasteiger partial charge < -0.3 is 19.4 Å². The van der Waals surface area contributed by atoms with E-state index in [4.69, 9.17) is 9.47 Å². The third-order valence-electron chi connectivity index (χ3n) is 8.90. The van der Waals surface area contributed by atoms with E-state index < -0.39 is 0 Å². The largest absolute Gasteiger partial charge is 0.494 e. The number of nitrogens with one attached hydrogen (secondary N) is 2. The van der Waals surface area contributed by atoms with Gasteiger partial charge in [-0.1, -0.05) is 154 Å². The van der Waals surface area contributed by atoms with Gasteiger partial charge in [-0.2, -0.15) is 0 Å². The molecule has 0 unspecified atom stereocenters. The van der Waals surface area contributed by atoms with Gasteiger partial charge in [-0.15, -0.1) is 0 Å². The summed E-state index contributed by atoms with van der Waals surface area (Å²) in [6, 6.07) is 15.2. The number of aromatic nitrogens is 2. The van der Waals surface area contributed by atoms with Gasteiger partial charge >= 0.3 is 0 Å². The molecule has 3 rings (SSSR count). The molecule has 0 radical (unpaired) electrons. The fourth-order valence-corrected chi connectivity index (χ4v) is 5.91. The van der Waals surface area contributed by atoms with Crippen LogP contribution in [0.4, 0.5) is 0 Å². The van der Waals surface area contributed by atoms with Gasteiger partial charge in [0.1, 0.15) is 22.2 Å². The molecule has 0 saturated carbocycles. The predicted molar refractivity (Wildman–Crippen MR) is 202 cm³/mol. The first-order valence-electron chi connectivity index (χ1n) is 19.1. The van der Waals surface area contributed by atoms with Gasteiger partial charge in [0, 0.05) is 0 Å². The van der Waals surface area contributed by atoms with Gasteiger partial charge in [0.15, 0.2) is 0 Å². The number of rotatable bonds is 26. The van der Waals surface area contributed by atoms with Crippen molar-refractivity contribution < 1.29 is 9.47 Å². The lowest BCUT2D eigenvalue weighted by Crippen LogP contribution is -2.46. The molecule has 264 valence electrons. The average molecular weight is 659 g/mol. The highest BCUT2D eigenvalue weighted by molar-refractivity contribution is 5.51. The van der Waals surface area contributed by atoms with E-state index in [9.17, 15) is 9.59 Å². The molecule has 1 heterocycles. The first-order chi connectivity index (χ1) is 23.6. The summed E-state index contributed by atoms with van der Waals surface area (Å²) in [5.74, 6) is 1.62. The summed E-state index contributed by atoms with van der Waals surface area (Å²) in [4.78, 5) is 31.1. The first-order valence-corrected chi connectivity index (χ1v) is 19.1. The highest BCUT2D eigenvalue weighted by Crippen LogP contribution is 2.16. The second-order valence-corrected chi connectivity index (χ2v) is 13.2. The molecule has 3 aromatic rings. The monoisotopic (exact) mass is 658 g/mol. The molecule has 0 spiro atoms. The summed E-state index contributed by atoms with van der Waals surface area (Å²) < 4.78 is 11.8. The van der Waals surface area contributed by atoms with Crippen molar-refractivity contribution in [3.63, 3.8) is 0 Å². The number of hydrogen-bond acceptors (Lipinski definition) is 4. The van der Waals surface area contributed by atoms with Crippen LogP contribution in [-0.2, 0) is 0 Å². The number of aromatic amines is 2. The standard InChI is InChI=1S/C42H62N2O4/c1-3-5-7-9-11-13-15-17-19-21-31-47-37-27-23-35(24-28-37)33-39-41(45)44-40(42(46)43-39)34-36-25-29-38(30-26-36)48-32-22-20-18-16-14-12-10-8-6-4-2/h23-30,33-34H,3-22,31-32H2,1-2H3,(H,43,46)(H,44,45)/b39-33-,40-34-. The number of unbranched alkanes of at least 4 members (excludes halogenated alkanes) is 18. The Kier molecular flexibility index (Phi) is 19.9. The van der Waals surface area contributed by atoms with Crippen molar-refractivity contribution in [3.8, 4) is 11.5 Å². The van der Waals surface area contributed by atoms with Crippen molar-refractivity contribution in [2.75, 3.05) is 13.2 Å². The number of H-pyrrole nitrogens is 2. The van der Waals surface area contributed by atoms with Gasteiger partial charge in [-0.05, 0) is 60.4 Å². The molecule has 0 saturated heterocycles. The van der Waals surface area contributed by atoms with E-state index in [1.807, 2.05) is 48.5 Å². The third-order valence-corrected chi connectivity index (χ3v) is 8.90. The van der Waals surface area contributed by atoms with Crippen LogP contribution in [0, 0.1) is 0 Å². The molecule has 6 nitrogen and oxygen atoms in total. The van der Waals surface area contributed by atoms with Crippen LogP contribution in [0.3, 0.4) is 0 Å². The Hall–Kier alpha value is -3.54. The summed E-state index contributed by atoms with van der Waals surface area (Å²) >= 11 is 0. The molecule has 0 bridgehead atoms. The molecule has 0 aliphatic rings. The predicted octanol–water partition coefficient (Wildman–Crippen LogP) is 9.32. The molecular weight excluding hydrogens is 596 g/mol. The second kappa shape index (κ2) is 24.6. The SMILES string of the molecule is CCCCCCCCCCCCOc1ccc(/C=c2\[nH]c(=O)/c(=C/c3ccc(OCCCCCCCCCCCC)cc3)[nH]c2=O)cc1. The van der Waals surface area contributed by atoms with Crippen LogP contribution in [0.15, 0.2) is 58.1 Å². The highest BCUT2D eigenvalue weighted by atomic mass is 16.5. The number of ether oxygens (including phenoxy) is 2. The van der Waals surface area contributed by atoms with Crippen molar-refractivity contribution >= 4 is 12.2 Å². The lowest BCUT2D eigenvalue weighted by atomic mass is 10.1. The zero-order chi connectivity index (χ0) is 34.1. The Bertz CT molecular complexity index is 1370. The van der Waals surface area contributed by atoms with Crippen LogP contribution in [0.1, 0.15) is 153 Å². The minimum Gasteiger partial charge on any atom is -0.494 e. The number of hydrogen-bond donors (Lipinski definition) is 2. The van der Waals surface area contributed by atoms with Gasteiger partial charge in [0.05, 0.1) is 13.2 Å². The normalized spacial score (nSPS) is 12.1. The maximum Gasteiger partial charge on any atom is 0.272 e. The second-order valence-electron chi connectivity index (χ2n) is 13.2. The molecule has 2 aromatic carbocycles. The average Bonchev–Trinajstić information content (AvgIpc) is 3.09. The molecular formula is C42H62N2O4. The summed E-state index contributed by atoms with van der Waals surface area (Å²) in [5, 5.41) is 0.429. The summed E-state index contributed by atoms with van der Waals surface area (Å²) in [6.07, 6.45) is 29.3. The smallest absolute Gasteiger partial charge is 0.272 e. The van der Waals surface area contributed by atoms with E-state index in [1.165, 1.54) is 116 Å². The van der Waals surface area contributed by atoms with Gasteiger partial charge in [-0.25, -0.2) is 0 Å². The van der Waals surface area contributed by atoms with Crippen molar-refractivity contribution in [2.24, 2.45) is 0 Å². The van der Waals surface area contributed by atoms with Crippen molar-refractivity contribution in [2.45, 2.75) is 142 Å². The van der Waals surface area contributed by atoms with E-state index >= 15 is 0 Å². The molecule has 0 fully saturated rings. The Morgan fingerprint density at radius 1 is 0.438 bits per heavy atom. The van der Waals surface area contributed by atoms with Crippen LogP contribution in [0.5, 0.6) is 11.5 Å². The van der Waals surface area contributed by atoms with Crippen molar-refractivity contribution in [1.29, 1.82) is 0 Å². The lowest BCUT2D eigenvalue weighted by Gasteiger charge is -2.07. The van der Waals surface area contributed by atoms with Crippen molar-refractivity contribution in [1.82, 2.24) is 9.97 Å². The minimum absolute atomic E-state index is 0.215. The van der Waals surface area contributed by atoms with Gasteiger partial charge in [-0.3, -0.25) is 9.59 Å². The zero-order valence-electron chi connectivity index (χ0n) is 30.0. The van der Waals surface area contributed by atoms with E-state index in [0.29, 0.717) is 13.2 Å². The fraction of sp³-hybridized carbons (Fsp3) is 0.571. The van der Waals surface area contributed by atoms with E-state index in [1.54, 1.807) is 12.2 Å². The van der Waals surface area contributed by atoms with E-state index in [-0.39, 0.29) is 21.8 Å². The molecule has 0 aliphatic carbocycles. The fourth-order valence-electron chi connectivity index (χ4n) is 5.91. The van der Waals surface area contributed by atoms with Crippen LogP contribution in [0.25, 0.3) is 12.2 Å². The van der Waals surface area contributed by atoms with Crippen LogP contribution < -0.4 is 31.3 Å². The zero-order valence-corrected chi connectivity index (χ0v) is 30.0. The first kappa shape index (κ1) is 38.9. The lowest BCUT2D eigenvalue weighted by molar-refractivity contribution is 0.304. The minimum atomic E-state index is -0.349. The maximum absolute atomic E-state index is 12.8. The molecule has 0 amide bonds. The third kappa shape index (κ3) is 16.5. The molecule has 6 heteroatoms. The summed E-state index contributed by atoms with van der Waals surface area (Å²) in [5.41, 5.74) is 0.928. The van der Waals surface area contributed by atoms with E-state index in [0.717, 1.165) is 35.5 Å². The Balaban J connectivity index is 1.39. The van der Waals surface area contributed by atoms with Gasteiger partial charge in [0.25, 0.3) is 11.1 Å². The summed E-state index contributed by atoms with van der Waals surface area (Å²) in [7, 11) is 0. The quantitative estimate of drug-likeness (QED) is 0.0842. The van der Waals surface area contributed by atoms with E-state index in [2.05, 4.69) is 23.8 Å². The van der Waals surface area contributed by atoms with Crippen molar-refractivity contribution in [3.05, 3.63) is 91.1 Å². The highest BCUT2D eigenvalue weighted by Gasteiger charge is 2.01. The maximum atomic E-state index is 12.8. The number of benzene rings is 2. The molecule has 0 aliphatic heterocycles. The summed E-state index contributed by atoms with van der Waals surface area (Å²) in [6.45, 7) is 5.94. The van der Waals surface area contributed by atoms with Crippen LogP contribution in [0.2, 0.25) is 0 Å². The Morgan fingerprint density at radius 2 is 0.729 bits per heavy atom. The molecule has 48 heavy (non-hydrogen) atoms. The molecule has 2 N–H and O–H groups in total. The molecule has 0 atom stereocenters. The van der Waals surface area contributed by atoms with Gasteiger partial charge in [0.2, 0.25) is 0 Å². The molecule has 1 aromatic heterocycles. The Labute approximate surface area is 289 Å².